The van der Waals surface area contributed by atoms with Crippen molar-refractivity contribution in [2.75, 3.05) is 0 Å². The number of aliphatic hydroxyl groups excluding tert-OH is 8. The van der Waals surface area contributed by atoms with Crippen LogP contribution in [0.15, 0.2) is 60.3 Å². The maximum Gasteiger partial charge on any atom is 0.311 e. The molecule has 1 rings (SSSR count). The van der Waals surface area contributed by atoms with Crippen LogP contribution in [0.4, 0.5) is 0 Å². The SMILES string of the molecule is CCCC[C@H]1C(=O)O[C@@H](C)[C@@H](O)/C=C/C=C/C=C/C=C/C=C(/C)[C@H](O)C[C@H](O)C[C@H](O)C[C@H](O)C[C@H](O)C[C@@H](O)C[C@H]1O. The Labute approximate surface area is 256 Å². The summed E-state index contributed by atoms with van der Waals surface area (Å²) in [7, 11) is 0. The molecule has 0 saturated carbocycles. The number of esters is 1. The molecule has 0 amide bonds. The molecule has 10 heteroatoms. The van der Waals surface area contributed by atoms with Crippen molar-refractivity contribution in [2.45, 2.75) is 133 Å². The van der Waals surface area contributed by atoms with Crippen LogP contribution < -0.4 is 0 Å². The van der Waals surface area contributed by atoms with E-state index >= 15 is 0 Å². The van der Waals surface area contributed by atoms with Crippen LogP contribution in [0.5, 0.6) is 0 Å². The Balaban J connectivity index is 3.06. The molecule has 0 radical (unpaired) electrons. The lowest BCUT2D eigenvalue weighted by molar-refractivity contribution is -0.162. The molecule has 10 nitrogen and oxygen atoms in total. The molecule has 8 N–H and O–H groups in total. The van der Waals surface area contributed by atoms with Crippen LogP contribution >= 0.6 is 0 Å². The molecular weight excluding hydrogens is 556 g/mol. The van der Waals surface area contributed by atoms with E-state index in [4.69, 9.17) is 4.74 Å². The lowest BCUT2D eigenvalue weighted by Crippen LogP contribution is -2.37. The second-order valence-electron chi connectivity index (χ2n) is 11.6. The van der Waals surface area contributed by atoms with Crippen molar-refractivity contribution in [3.63, 3.8) is 0 Å². The molecular formula is C33H54O10. The van der Waals surface area contributed by atoms with Crippen molar-refractivity contribution in [3.05, 3.63) is 60.3 Å². The third-order valence-corrected chi connectivity index (χ3v) is 7.46. The fraction of sp³-hybridized carbons (Fsp3) is 0.667. The van der Waals surface area contributed by atoms with Crippen molar-refractivity contribution in [1.82, 2.24) is 0 Å². The summed E-state index contributed by atoms with van der Waals surface area (Å²) in [5.74, 6) is -1.62. The van der Waals surface area contributed by atoms with E-state index in [9.17, 15) is 45.6 Å². The molecule has 246 valence electrons. The third kappa shape index (κ3) is 17.1. The van der Waals surface area contributed by atoms with Gasteiger partial charge in [-0.05, 0) is 51.5 Å². The summed E-state index contributed by atoms with van der Waals surface area (Å²) < 4.78 is 5.45. The molecule has 0 unspecified atom stereocenters. The zero-order valence-corrected chi connectivity index (χ0v) is 25.7. The number of cyclic esters (lactones) is 1. The number of unbranched alkanes of at least 4 members (excludes halogenated alkanes) is 1. The van der Waals surface area contributed by atoms with E-state index in [-0.39, 0.29) is 38.5 Å². The van der Waals surface area contributed by atoms with E-state index in [1.807, 2.05) is 6.92 Å². The normalized spacial score (nSPS) is 39.7. The number of carbonyl (C=O) groups is 1. The summed E-state index contributed by atoms with van der Waals surface area (Å²) in [6.07, 6.45) is 6.60. The van der Waals surface area contributed by atoms with Crippen LogP contribution in [0.3, 0.4) is 0 Å². The van der Waals surface area contributed by atoms with Gasteiger partial charge in [-0.25, -0.2) is 0 Å². The van der Waals surface area contributed by atoms with Crippen molar-refractivity contribution in [2.24, 2.45) is 5.92 Å². The Morgan fingerprint density at radius 2 is 1.16 bits per heavy atom. The molecule has 1 aliphatic rings. The molecule has 0 aliphatic carbocycles. The van der Waals surface area contributed by atoms with Gasteiger partial charge in [0.25, 0.3) is 0 Å². The molecule has 1 heterocycles. The molecule has 0 aromatic heterocycles. The van der Waals surface area contributed by atoms with E-state index in [1.54, 1.807) is 62.5 Å². The number of hydrogen-bond acceptors (Lipinski definition) is 10. The second kappa shape index (κ2) is 21.5. The van der Waals surface area contributed by atoms with Crippen molar-refractivity contribution in [1.29, 1.82) is 0 Å². The fourth-order valence-corrected chi connectivity index (χ4v) is 4.83. The molecule has 0 fully saturated rings. The van der Waals surface area contributed by atoms with Crippen LogP contribution in [0.1, 0.15) is 78.6 Å². The quantitative estimate of drug-likeness (QED) is 0.220. The minimum Gasteiger partial charge on any atom is -0.459 e. The van der Waals surface area contributed by atoms with Gasteiger partial charge in [0.2, 0.25) is 0 Å². The first-order valence-electron chi connectivity index (χ1n) is 15.3. The van der Waals surface area contributed by atoms with Crippen molar-refractivity contribution < 1.29 is 50.4 Å². The minimum absolute atomic E-state index is 0.00262. The molecule has 0 aromatic carbocycles. The van der Waals surface area contributed by atoms with Crippen molar-refractivity contribution >= 4 is 5.97 Å². The van der Waals surface area contributed by atoms with Gasteiger partial charge in [0, 0.05) is 12.8 Å². The predicted octanol–water partition coefficient (Wildman–Crippen LogP) is 2.14. The minimum atomic E-state index is -1.25. The summed E-state index contributed by atoms with van der Waals surface area (Å²) in [6, 6.07) is 0. The zero-order valence-electron chi connectivity index (χ0n) is 25.7. The lowest BCUT2D eigenvalue weighted by Gasteiger charge is -2.27. The Kier molecular flexibility index (Phi) is 19.5. The van der Waals surface area contributed by atoms with E-state index in [0.29, 0.717) is 18.4 Å². The molecule has 0 saturated heterocycles. The van der Waals surface area contributed by atoms with E-state index < -0.39 is 66.8 Å². The Morgan fingerprint density at radius 1 is 0.698 bits per heavy atom. The molecule has 1 aliphatic heterocycles. The number of ether oxygens (including phenoxy) is 1. The van der Waals surface area contributed by atoms with Gasteiger partial charge < -0.3 is 45.6 Å². The number of hydrogen-bond donors (Lipinski definition) is 8. The number of aliphatic hydroxyl groups is 8. The first-order valence-corrected chi connectivity index (χ1v) is 15.3. The van der Waals surface area contributed by atoms with Gasteiger partial charge in [-0.1, -0.05) is 74.4 Å². The predicted molar refractivity (Wildman–Crippen MR) is 165 cm³/mol. The maximum absolute atomic E-state index is 12.9. The smallest absolute Gasteiger partial charge is 0.311 e. The summed E-state index contributed by atoms with van der Waals surface area (Å²) in [5, 5.41) is 83.5. The van der Waals surface area contributed by atoms with Gasteiger partial charge >= 0.3 is 5.97 Å². The lowest BCUT2D eigenvalue weighted by atomic mass is 9.90. The van der Waals surface area contributed by atoms with Crippen molar-refractivity contribution in [3.8, 4) is 0 Å². The second-order valence-corrected chi connectivity index (χ2v) is 11.6. The average molecular weight is 611 g/mol. The highest BCUT2D eigenvalue weighted by molar-refractivity contribution is 5.73. The van der Waals surface area contributed by atoms with Gasteiger partial charge in [-0.2, -0.15) is 0 Å². The highest BCUT2D eigenvalue weighted by Gasteiger charge is 2.32. The first kappa shape index (κ1) is 38.9. The summed E-state index contributed by atoms with van der Waals surface area (Å²) in [5.41, 5.74) is 0.622. The van der Waals surface area contributed by atoms with E-state index in [0.717, 1.165) is 6.42 Å². The average Bonchev–Trinajstić information content (AvgIpc) is 2.90. The molecule has 0 bridgehead atoms. The van der Waals surface area contributed by atoms with Gasteiger partial charge in [-0.15, -0.1) is 0 Å². The zero-order chi connectivity index (χ0) is 32.4. The van der Waals surface area contributed by atoms with Crippen LogP contribution in [0.2, 0.25) is 0 Å². The Bertz CT molecular complexity index is 927. The highest BCUT2D eigenvalue weighted by Crippen LogP contribution is 2.23. The van der Waals surface area contributed by atoms with Crippen LogP contribution in [-0.4, -0.2) is 102 Å². The monoisotopic (exact) mass is 610 g/mol. The number of rotatable bonds is 3. The Hall–Kier alpha value is -2.15. The first-order chi connectivity index (χ1) is 20.3. The number of allylic oxidation sites excluding steroid dienone is 8. The van der Waals surface area contributed by atoms with E-state index in [2.05, 4.69) is 0 Å². The topological polar surface area (TPSA) is 188 Å². The summed E-state index contributed by atoms with van der Waals surface area (Å²) >= 11 is 0. The highest BCUT2D eigenvalue weighted by atomic mass is 16.6. The van der Waals surface area contributed by atoms with Crippen LogP contribution in [-0.2, 0) is 9.53 Å². The van der Waals surface area contributed by atoms with Gasteiger partial charge in [0.15, 0.2) is 0 Å². The Morgan fingerprint density at radius 3 is 1.70 bits per heavy atom. The largest absolute Gasteiger partial charge is 0.459 e. The molecule has 10 atom stereocenters. The van der Waals surface area contributed by atoms with E-state index in [1.165, 1.54) is 6.08 Å². The molecule has 0 aromatic rings. The third-order valence-electron chi connectivity index (χ3n) is 7.46. The standard InChI is InChI=1S/C33H54O10/c1-4-5-14-29-32(41)21-28(38)19-26(36)17-24(34)16-25(35)18-27(37)20-31(40)22(2)13-11-9-7-6-8-10-12-15-30(39)23(3)43-33(29)42/h6-13,15,23-32,34-41H,4-5,14,16-21H2,1-3H3/b7-6+,10-8+,11-9+,15-12+,22-13-/t23-,24-,25+,26-,27+,28+,29+,30-,31+,32+/m0/s1. The fourth-order valence-electron chi connectivity index (χ4n) is 4.83. The number of carbonyl (C=O) groups excluding carboxylic acids is 1. The van der Waals surface area contributed by atoms with Gasteiger partial charge in [0.1, 0.15) is 12.2 Å². The van der Waals surface area contributed by atoms with Gasteiger partial charge in [-0.3, -0.25) is 4.79 Å². The van der Waals surface area contributed by atoms with Gasteiger partial charge in [0.05, 0.1) is 48.6 Å². The molecule has 43 heavy (non-hydrogen) atoms. The van der Waals surface area contributed by atoms with Crippen LogP contribution in [0.25, 0.3) is 0 Å². The van der Waals surface area contributed by atoms with Crippen LogP contribution in [0, 0.1) is 5.92 Å². The molecule has 0 spiro atoms. The maximum atomic E-state index is 12.9. The summed E-state index contributed by atoms with van der Waals surface area (Å²) in [6.45, 7) is 5.21. The summed E-state index contributed by atoms with van der Waals surface area (Å²) in [4.78, 5) is 12.9.